The lowest BCUT2D eigenvalue weighted by atomic mass is 9.78. The predicted molar refractivity (Wildman–Crippen MR) is 138 cm³/mol. The number of hydrogen-bond donors (Lipinski definition) is 2. The third kappa shape index (κ3) is 5.89. The molecule has 1 spiro atoms. The highest BCUT2D eigenvalue weighted by atomic mass is 35.5. The summed E-state index contributed by atoms with van der Waals surface area (Å²) in [5.74, 6) is -2.64. The largest absolute Gasteiger partial charge is 0.352 e. The molecule has 36 heavy (non-hydrogen) atoms. The molecule has 2 saturated heterocycles. The maximum atomic E-state index is 13.0. The molecule has 1 atom stereocenters. The molecule has 2 amide bonds. The highest BCUT2D eigenvalue weighted by Crippen LogP contribution is 2.39. The molecule has 194 valence electrons. The van der Waals surface area contributed by atoms with E-state index >= 15 is 0 Å². The summed E-state index contributed by atoms with van der Waals surface area (Å²) in [4.78, 5) is 25.8. The minimum atomic E-state index is -2.78. The summed E-state index contributed by atoms with van der Waals surface area (Å²) in [7, 11) is 0. The van der Waals surface area contributed by atoms with Crippen LogP contribution in [0.3, 0.4) is 0 Å². The van der Waals surface area contributed by atoms with Gasteiger partial charge in [0.25, 0.3) is 11.8 Å². The van der Waals surface area contributed by atoms with Gasteiger partial charge in [0.1, 0.15) is 0 Å². The zero-order valence-electron chi connectivity index (χ0n) is 20.9. The molecule has 2 N–H and O–H groups in total. The van der Waals surface area contributed by atoms with Gasteiger partial charge in [-0.25, -0.2) is 8.78 Å². The molecule has 2 aromatic carbocycles. The molecule has 2 aromatic rings. The quantitative estimate of drug-likeness (QED) is 0.534. The number of piperidine rings is 1. The van der Waals surface area contributed by atoms with Gasteiger partial charge in [-0.1, -0.05) is 23.7 Å². The van der Waals surface area contributed by atoms with Gasteiger partial charge in [-0.3, -0.25) is 9.59 Å². The van der Waals surface area contributed by atoms with E-state index in [1.54, 1.807) is 6.92 Å². The molecule has 5 rings (SSSR count). The van der Waals surface area contributed by atoms with Crippen LogP contribution in [0.25, 0.3) is 0 Å². The first-order valence-electron chi connectivity index (χ1n) is 12.6. The first kappa shape index (κ1) is 26.6. The van der Waals surface area contributed by atoms with Crippen molar-refractivity contribution in [2.24, 2.45) is 5.41 Å². The van der Waals surface area contributed by atoms with E-state index in [0.29, 0.717) is 16.0 Å². The number of aryl methyl sites for hydroxylation is 2. The molecule has 0 radical (unpaired) electrons. The van der Waals surface area contributed by atoms with Crippen LogP contribution in [0.5, 0.6) is 0 Å². The Morgan fingerprint density at radius 1 is 1.19 bits per heavy atom. The Balaban J connectivity index is 0.000000214. The highest BCUT2D eigenvalue weighted by molar-refractivity contribution is 6.31. The number of nitrogens with one attached hydrogen (secondary N) is 2. The van der Waals surface area contributed by atoms with Gasteiger partial charge in [-0.15, -0.1) is 0 Å². The molecule has 0 aromatic heterocycles. The van der Waals surface area contributed by atoms with E-state index in [-0.39, 0.29) is 17.5 Å². The van der Waals surface area contributed by atoms with Crippen LogP contribution in [0.15, 0.2) is 36.4 Å². The first-order chi connectivity index (χ1) is 17.1. The van der Waals surface area contributed by atoms with Crippen LogP contribution < -0.4 is 10.6 Å². The average molecular weight is 518 g/mol. The van der Waals surface area contributed by atoms with Crippen LogP contribution in [0.4, 0.5) is 8.78 Å². The zero-order chi connectivity index (χ0) is 25.9. The topological polar surface area (TPSA) is 61.4 Å². The van der Waals surface area contributed by atoms with Crippen LogP contribution in [-0.4, -0.2) is 43.4 Å². The van der Waals surface area contributed by atoms with Crippen molar-refractivity contribution in [3.63, 3.8) is 0 Å². The number of likely N-dealkylation sites (tertiary alicyclic amines) is 1. The molecule has 0 bridgehead atoms. The molecule has 8 heteroatoms. The molecule has 3 aliphatic rings. The van der Waals surface area contributed by atoms with E-state index in [9.17, 15) is 18.4 Å². The third-order valence-electron chi connectivity index (χ3n) is 7.79. The van der Waals surface area contributed by atoms with Crippen molar-refractivity contribution < 1.29 is 18.4 Å². The lowest BCUT2D eigenvalue weighted by molar-refractivity contribution is -0.110. The van der Waals surface area contributed by atoms with Gasteiger partial charge in [0.05, 0.1) is 6.04 Å². The van der Waals surface area contributed by atoms with Gasteiger partial charge < -0.3 is 15.5 Å². The number of benzene rings is 2. The number of nitrogens with zero attached hydrogens (tertiary/aromatic N) is 1. The van der Waals surface area contributed by atoms with E-state index in [4.69, 9.17) is 11.6 Å². The Morgan fingerprint density at radius 2 is 1.94 bits per heavy atom. The molecule has 1 unspecified atom stereocenters. The highest BCUT2D eigenvalue weighted by Gasteiger charge is 2.40. The Kier molecular flexibility index (Phi) is 8.00. The summed E-state index contributed by atoms with van der Waals surface area (Å²) in [5, 5.41) is 6.80. The minimum Gasteiger partial charge on any atom is -0.352 e. The maximum absolute atomic E-state index is 13.0. The van der Waals surface area contributed by atoms with Crippen molar-refractivity contribution in [1.29, 1.82) is 0 Å². The molecular formula is C28H34ClF2N3O2. The Labute approximate surface area is 216 Å². The van der Waals surface area contributed by atoms with Crippen molar-refractivity contribution in [3.05, 3.63) is 69.2 Å². The molecule has 2 fully saturated rings. The number of halogens is 3. The SMILES string of the molecule is Cc1cc(C(C)(F)F)ccc1Cl.O=CNC1CCc2ccc(C(=O)N3CCC4(CCNCC4)C3)cc21. The van der Waals surface area contributed by atoms with E-state index in [1.165, 1.54) is 36.6 Å². The van der Waals surface area contributed by atoms with E-state index in [2.05, 4.69) is 16.7 Å². The minimum absolute atomic E-state index is 0.00407. The molecule has 2 heterocycles. The van der Waals surface area contributed by atoms with Crippen LogP contribution in [0, 0.1) is 12.3 Å². The summed E-state index contributed by atoms with van der Waals surface area (Å²) in [6.45, 7) is 6.47. The standard InChI is InChI=1S/C19H25N3O2.C9H9ClF2/c23-13-21-17-4-3-14-1-2-15(11-16(14)17)18(24)22-10-7-19(12-22)5-8-20-9-6-19;1-6-5-7(9(2,11)12)3-4-8(6)10/h1-2,11,13,17,20H,3-10,12H2,(H,21,23);3-5H,1-2H3. The third-order valence-corrected chi connectivity index (χ3v) is 8.22. The van der Waals surface area contributed by atoms with Gasteiger partial charge in [0.2, 0.25) is 6.41 Å². The van der Waals surface area contributed by atoms with E-state index in [0.717, 1.165) is 69.9 Å². The van der Waals surface area contributed by atoms with Crippen molar-refractivity contribution >= 4 is 23.9 Å². The lowest BCUT2D eigenvalue weighted by Crippen LogP contribution is -2.39. The van der Waals surface area contributed by atoms with Gasteiger partial charge in [-0.2, -0.15) is 0 Å². The number of rotatable bonds is 4. The van der Waals surface area contributed by atoms with Crippen molar-refractivity contribution in [2.45, 2.75) is 57.9 Å². The van der Waals surface area contributed by atoms with Crippen molar-refractivity contribution in [2.75, 3.05) is 26.2 Å². The Morgan fingerprint density at radius 3 is 2.61 bits per heavy atom. The second-order valence-corrected chi connectivity index (χ2v) is 10.8. The van der Waals surface area contributed by atoms with E-state index in [1.807, 2.05) is 17.0 Å². The van der Waals surface area contributed by atoms with Crippen LogP contribution in [0.2, 0.25) is 5.02 Å². The maximum Gasteiger partial charge on any atom is 0.270 e. The van der Waals surface area contributed by atoms with Crippen LogP contribution in [0.1, 0.15) is 71.3 Å². The van der Waals surface area contributed by atoms with Gasteiger partial charge in [0.15, 0.2) is 0 Å². The van der Waals surface area contributed by atoms with Crippen LogP contribution in [-0.2, 0) is 17.1 Å². The number of carbonyl (C=O) groups excluding carboxylic acids is 2. The molecule has 0 saturated carbocycles. The fourth-order valence-corrected chi connectivity index (χ4v) is 5.68. The predicted octanol–water partition coefficient (Wildman–Crippen LogP) is 5.40. The normalized spacial score (nSPS) is 20.5. The lowest BCUT2D eigenvalue weighted by Gasteiger charge is -2.33. The number of hydrogen-bond acceptors (Lipinski definition) is 3. The second kappa shape index (κ2) is 10.9. The summed E-state index contributed by atoms with van der Waals surface area (Å²) in [6, 6.07) is 10.3. The average Bonchev–Trinajstić information content (AvgIpc) is 3.45. The Hall–Kier alpha value is -2.51. The Bertz CT molecular complexity index is 1110. The first-order valence-corrected chi connectivity index (χ1v) is 13.0. The van der Waals surface area contributed by atoms with Gasteiger partial charge in [0, 0.05) is 36.2 Å². The van der Waals surface area contributed by atoms with E-state index < -0.39 is 5.92 Å². The molecule has 5 nitrogen and oxygen atoms in total. The molecular weight excluding hydrogens is 484 g/mol. The summed E-state index contributed by atoms with van der Waals surface area (Å²) in [5.41, 5.74) is 4.14. The number of alkyl halides is 2. The zero-order valence-corrected chi connectivity index (χ0v) is 21.6. The number of amides is 2. The summed E-state index contributed by atoms with van der Waals surface area (Å²) in [6.07, 6.45) is 6.12. The smallest absolute Gasteiger partial charge is 0.270 e. The van der Waals surface area contributed by atoms with Crippen molar-refractivity contribution in [1.82, 2.24) is 15.5 Å². The van der Waals surface area contributed by atoms with Gasteiger partial charge >= 0.3 is 0 Å². The monoisotopic (exact) mass is 517 g/mol. The fourth-order valence-electron chi connectivity index (χ4n) is 5.56. The molecule has 1 aliphatic carbocycles. The van der Waals surface area contributed by atoms with Crippen molar-refractivity contribution in [3.8, 4) is 0 Å². The second-order valence-electron chi connectivity index (χ2n) is 10.4. The van der Waals surface area contributed by atoms with Gasteiger partial charge in [-0.05, 0) is 98.5 Å². The fraction of sp³-hybridized carbons (Fsp3) is 0.500. The molecule has 2 aliphatic heterocycles. The van der Waals surface area contributed by atoms with Crippen LogP contribution >= 0.6 is 11.6 Å². The summed E-state index contributed by atoms with van der Waals surface area (Å²) >= 11 is 5.69. The number of carbonyl (C=O) groups is 2. The number of fused-ring (bicyclic) bond motifs is 1. The summed E-state index contributed by atoms with van der Waals surface area (Å²) < 4.78 is 25.4.